The number of aliphatic hydroxyl groups is 1. The van der Waals surface area contributed by atoms with Gasteiger partial charge in [0.1, 0.15) is 0 Å². The van der Waals surface area contributed by atoms with Crippen LogP contribution in [0.25, 0.3) is 0 Å². The molecule has 6 nitrogen and oxygen atoms in total. The Kier molecular flexibility index (Phi) is 5.59. The first-order valence-corrected chi connectivity index (χ1v) is 6.67. The number of carbonyl (C=O) groups excluding carboxylic acids is 1. The molecule has 0 aromatic carbocycles. The van der Waals surface area contributed by atoms with Crippen LogP contribution >= 0.6 is 22.9 Å². The predicted octanol–water partition coefficient (Wildman–Crippen LogP) is 1.38. The Morgan fingerprint density at radius 1 is 1.53 bits per heavy atom. The molecule has 0 fully saturated rings. The largest absolute Gasteiger partial charge is 0.480 e. The van der Waals surface area contributed by atoms with Crippen molar-refractivity contribution in [3.8, 4) is 0 Å². The van der Waals surface area contributed by atoms with E-state index in [0.717, 1.165) is 4.88 Å². The van der Waals surface area contributed by atoms with Crippen molar-refractivity contribution < 1.29 is 19.8 Å². The Balaban J connectivity index is 2.59. The van der Waals surface area contributed by atoms with Crippen LogP contribution in [0.1, 0.15) is 11.8 Å². The van der Waals surface area contributed by atoms with E-state index >= 15 is 0 Å². The zero-order valence-electron chi connectivity index (χ0n) is 10.5. The number of hydrogen-bond donors (Lipinski definition) is 3. The summed E-state index contributed by atoms with van der Waals surface area (Å²) in [7, 11) is 1.53. The molecule has 0 aliphatic carbocycles. The molecule has 106 valence electrons. The number of rotatable bonds is 5. The lowest BCUT2D eigenvalue weighted by Gasteiger charge is -2.22. The number of carboxylic acids is 1. The Hall–Kier alpha value is -1.31. The normalized spacial score (nSPS) is 13.7. The summed E-state index contributed by atoms with van der Waals surface area (Å²) < 4.78 is 0.621. The third-order valence-electron chi connectivity index (χ3n) is 2.40. The maximum Gasteiger partial charge on any atom is 0.328 e. The van der Waals surface area contributed by atoms with Crippen molar-refractivity contribution in [1.29, 1.82) is 0 Å². The van der Waals surface area contributed by atoms with Crippen molar-refractivity contribution in [2.45, 2.75) is 25.6 Å². The highest BCUT2D eigenvalue weighted by atomic mass is 35.5. The molecule has 19 heavy (non-hydrogen) atoms. The van der Waals surface area contributed by atoms with Crippen LogP contribution in [0, 0.1) is 0 Å². The second kappa shape index (κ2) is 6.74. The zero-order valence-corrected chi connectivity index (χ0v) is 12.0. The van der Waals surface area contributed by atoms with Crippen LogP contribution in [0.2, 0.25) is 4.34 Å². The second-order valence-corrected chi connectivity index (χ2v) is 5.87. The molecule has 0 saturated carbocycles. The van der Waals surface area contributed by atoms with Gasteiger partial charge in [-0.05, 0) is 19.1 Å². The van der Waals surface area contributed by atoms with Crippen molar-refractivity contribution >= 4 is 34.9 Å². The number of aliphatic hydroxyl groups excluding tert-OH is 1. The highest BCUT2D eigenvalue weighted by Gasteiger charge is 2.26. The van der Waals surface area contributed by atoms with E-state index in [0.29, 0.717) is 10.9 Å². The third kappa shape index (κ3) is 4.70. The summed E-state index contributed by atoms with van der Waals surface area (Å²) in [5, 5.41) is 20.4. The molecule has 0 aliphatic rings. The number of carbonyl (C=O) groups is 2. The molecule has 1 heterocycles. The fourth-order valence-electron chi connectivity index (χ4n) is 1.37. The van der Waals surface area contributed by atoms with Gasteiger partial charge >= 0.3 is 12.0 Å². The van der Waals surface area contributed by atoms with Crippen LogP contribution in [-0.4, -0.2) is 46.3 Å². The molecule has 3 N–H and O–H groups in total. The quantitative estimate of drug-likeness (QED) is 0.766. The van der Waals surface area contributed by atoms with Crippen LogP contribution in [0.5, 0.6) is 0 Å². The van der Waals surface area contributed by atoms with Gasteiger partial charge in [0.05, 0.1) is 17.0 Å². The minimum absolute atomic E-state index is 0.315. The first-order valence-electron chi connectivity index (χ1n) is 5.48. The Morgan fingerprint density at radius 3 is 2.58 bits per heavy atom. The van der Waals surface area contributed by atoms with Gasteiger partial charge in [-0.25, -0.2) is 9.59 Å². The van der Waals surface area contributed by atoms with Gasteiger partial charge in [-0.3, -0.25) is 0 Å². The van der Waals surface area contributed by atoms with Crippen molar-refractivity contribution in [1.82, 2.24) is 10.2 Å². The molecule has 1 aromatic heterocycles. The topological polar surface area (TPSA) is 89.9 Å². The molecule has 2 atom stereocenters. The summed E-state index contributed by atoms with van der Waals surface area (Å²) in [5.41, 5.74) is 0. The summed E-state index contributed by atoms with van der Waals surface area (Å²) in [6, 6.07) is 1.61. The number of thiophene rings is 1. The van der Waals surface area contributed by atoms with Gasteiger partial charge in [0.2, 0.25) is 0 Å². The standard InChI is InChI=1S/C11H15ClN2O4S/c1-6(15)9(10(16)17)13-11(18)14(2)5-7-3-4-8(12)19-7/h3-4,6,9,15H,5H2,1-2H3,(H,13,18)(H,16,17). The monoisotopic (exact) mass is 306 g/mol. The smallest absolute Gasteiger partial charge is 0.328 e. The molecule has 1 aromatic rings. The minimum Gasteiger partial charge on any atom is -0.480 e. The summed E-state index contributed by atoms with van der Waals surface area (Å²) >= 11 is 7.12. The summed E-state index contributed by atoms with van der Waals surface area (Å²) in [6.45, 7) is 1.62. The van der Waals surface area contributed by atoms with Gasteiger partial charge in [-0.1, -0.05) is 11.6 Å². The number of hydrogen-bond acceptors (Lipinski definition) is 4. The van der Waals surface area contributed by atoms with Gasteiger partial charge in [-0.15, -0.1) is 11.3 Å². The van der Waals surface area contributed by atoms with E-state index in [1.165, 1.54) is 30.2 Å². The molecule has 0 aliphatic heterocycles. The lowest BCUT2D eigenvalue weighted by Crippen LogP contribution is -2.51. The fourth-order valence-corrected chi connectivity index (χ4v) is 2.52. The van der Waals surface area contributed by atoms with Crippen LogP contribution in [-0.2, 0) is 11.3 Å². The Labute approximate surface area is 119 Å². The molecular formula is C11H15ClN2O4S. The van der Waals surface area contributed by atoms with E-state index in [4.69, 9.17) is 16.7 Å². The van der Waals surface area contributed by atoms with Gasteiger partial charge in [0.25, 0.3) is 0 Å². The first-order chi connectivity index (χ1) is 8.81. The van der Waals surface area contributed by atoms with E-state index in [9.17, 15) is 14.7 Å². The van der Waals surface area contributed by atoms with E-state index < -0.39 is 24.1 Å². The molecule has 0 spiro atoms. The zero-order chi connectivity index (χ0) is 14.6. The van der Waals surface area contributed by atoms with Crippen molar-refractivity contribution in [2.24, 2.45) is 0 Å². The first kappa shape index (κ1) is 15.7. The van der Waals surface area contributed by atoms with Crippen LogP contribution in [0.15, 0.2) is 12.1 Å². The number of carboxylic acid groups (broad SMARTS) is 1. The SMILES string of the molecule is CC(O)C(NC(=O)N(C)Cc1ccc(Cl)s1)C(=O)O. The summed E-state index contributed by atoms with van der Waals surface area (Å²) in [5.74, 6) is -1.28. The molecule has 0 radical (unpaired) electrons. The maximum atomic E-state index is 11.8. The van der Waals surface area contributed by atoms with Crippen molar-refractivity contribution in [3.05, 3.63) is 21.3 Å². The minimum atomic E-state index is -1.33. The maximum absolute atomic E-state index is 11.8. The average molecular weight is 307 g/mol. The van der Waals surface area contributed by atoms with E-state index in [1.54, 1.807) is 12.1 Å². The van der Waals surface area contributed by atoms with E-state index in [-0.39, 0.29) is 0 Å². The van der Waals surface area contributed by atoms with Crippen LogP contribution in [0.4, 0.5) is 4.79 Å². The van der Waals surface area contributed by atoms with Crippen molar-refractivity contribution in [3.63, 3.8) is 0 Å². The van der Waals surface area contributed by atoms with Crippen molar-refractivity contribution in [2.75, 3.05) is 7.05 Å². The lowest BCUT2D eigenvalue weighted by molar-refractivity contribution is -0.141. The number of urea groups is 1. The number of nitrogens with zero attached hydrogens (tertiary/aromatic N) is 1. The molecule has 2 amide bonds. The molecule has 0 saturated heterocycles. The molecule has 8 heteroatoms. The van der Waals surface area contributed by atoms with Gasteiger partial charge in [-0.2, -0.15) is 0 Å². The van der Waals surface area contributed by atoms with Gasteiger partial charge in [0, 0.05) is 11.9 Å². The van der Waals surface area contributed by atoms with Gasteiger partial charge in [0.15, 0.2) is 6.04 Å². The number of halogens is 1. The van der Waals surface area contributed by atoms with Crippen LogP contribution < -0.4 is 5.32 Å². The number of amides is 2. The van der Waals surface area contributed by atoms with Crippen LogP contribution in [0.3, 0.4) is 0 Å². The summed E-state index contributed by atoms with van der Waals surface area (Å²) in [4.78, 5) is 24.8. The fraction of sp³-hybridized carbons (Fsp3) is 0.455. The highest BCUT2D eigenvalue weighted by Crippen LogP contribution is 2.22. The summed E-state index contributed by atoms with van der Waals surface area (Å²) in [6.07, 6.45) is -1.17. The third-order valence-corrected chi connectivity index (χ3v) is 3.61. The Morgan fingerprint density at radius 2 is 2.16 bits per heavy atom. The molecule has 0 bridgehead atoms. The molecular weight excluding hydrogens is 292 g/mol. The predicted molar refractivity (Wildman–Crippen MR) is 72.4 cm³/mol. The Bertz CT molecular complexity index is 463. The van der Waals surface area contributed by atoms with E-state index in [1.807, 2.05) is 0 Å². The van der Waals surface area contributed by atoms with E-state index in [2.05, 4.69) is 5.32 Å². The second-order valence-electron chi connectivity index (χ2n) is 4.07. The average Bonchev–Trinajstić information content (AvgIpc) is 2.70. The number of nitrogens with one attached hydrogen (secondary N) is 1. The molecule has 1 rings (SSSR count). The highest BCUT2D eigenvalue weighted by molar-refractivity contribution is 7.16. The lowest BCUT2D eigenvalue weighted by atomic mass is 10.2. The number of aliphatic carboxylic acids is 1. The molecule has 2 unspecified atom stereocenters. The van der Waals surface area contributed by atoms with Gasteiger partial charge < -0.3 is 20.4 Å².